The molecule has 0 aliphatic carbocycles. The fourth-order valence-electron chi connectivity index (χ4n) is 2.43. The van der Waals surface area contributed by atoms with Gasteiger partial charge in [-0.3, -0.25) is 14.4 Å². The number of rotatable bonds is 6. The molecule has 1 atom stereocenters. The second kappa shape index (κ2) is 9.01. The first-order chi connectivity index (χ1) is 12.3. The Morgan fingerprint density at radius 3 is 1.88 bits per heavy atom. The summed E-state index contributed by atoms with van der Waals surface area (Å²) in [6.07, 6.45) is 0.0780. The molecule has 26 heavy (non-hydrogen) atoms. The number of halogens is 1. The molecule has 0 spiro atoms. The van der Waals surface area contributed by atoms with Crippen LogP contribution in [0, 0.1) is 0 Å². The SMILES string of the molecule is CC(=O)Nc1ccc(NC(=O)CC(NC(C)=O)c2ccc(Cl)cc2)cc1. The maximum absolute atomic E-state index is 12.3. The number of nitrogens with one attached hydrogen (secondary N) is 3. The summed E-state index contributed by atoms with van der Waals surface area (Å²) in [5.74, 6) is -0.633. The maximum atomic E-state index is 12.3. The van der Waals surface area contributed by atoms with Crippen LogP contribution >= 0.6 is 11.6 Å². The Bertz CT molecular complexity index is 789. The molecule has 0 radical (unpaired) electrons. The molecule has 3 amide bonds. The van der Waals surface area contributed by atoms with Gasteiger partial charge in [0.1, 0.15) is 0 Å². The smallest absolute Gasteiger partial charge is 0.226 e. The molecule has 6 nitrogen and oxygen atoms in total. The maximum Gasteiger partial charge on any atom is 0.226 e. The summed E-state index contributed by atoms with van der Waals surface area (Å²) < 4.78 is 0. The van der Waals surface area contributed by atoms with E-state index in [0.717, 1.165) is 5.56 Å². The van der Waals surface area contributed by atoms with Gasteiger partial charge in [-0.2, -0.15) is 0 Å². The number of carbonyl (C=O) groups is 3. The first-order valence-electron chi connectivity index (χ1n) is 8.03. The highest BCUT2D eigenvalue weighted by molar-refractivity contribution is 6.30. The van der Waals surface area contributed by atoms with E-state index >= 15 is 0 Å². The van der Waals surface area contributed by atoms with Gasteiger partial charge >= 0.3 is 0 Å². The molecule has 0 saturated heterocycles. The van der Waals surface area contributed by atoms with E-state index in [4.69, 9.17) is 11.6 Å². The van der Waals surface area contributed by atoms with Gasteiger partial charge in [-0.05, 0) is 42.0 Å². The molecule has 0 aliphatic heterocycles. The van der Waals surface area contributed by atoms with Gasteiger partial charge in [0.15, 0.2) is 0 Å². The van der Waals surface area contributed by atoms with E-state index in [1.807, 2.05) is 0 Å². The molecule has 0 bridgehead atoms. The minimum absolute atomic E-state index is 0.0780. The highest BCUT2D eigenvalue weighted by Crippen LogP contribution is 2.21. The highest BCUT2D eigenvalue weighted by Gasteiger charge is 2.17. The number of benzene rings is 2. The second-order valence-electron chi connectivity index (χ2n) is 5.82. The van der Waals surface area contributed by atoms with Gasteiger partial charge in [0, 0.05) is 30.2 Å². The molecule has 0 aliphatic rings. The number of carbonyl (C=O) groups excluding carboxylic acids is 3. The first-order valence-corrected chi connectivity index (χ1v) is 8.41. The Morgan fingerprint density at radius 2 is 1.38 bits per heavy atom. The summed E-state index contributed by atoms with van der Waals surface area (Å²) in [5.41, 5.74) is 2.04. The fraction of sp³-hybridized carbons (Fsp3) is 0.211. The van der Waals surface area contributed by atoms with Crippen LogP contribution in [0.4, 0.5) is 11.4 Å². The molecule has 0 heterocycles. The summed E-state index contributed by atoms with van der Waals surface area (Å²) >= 11 is 5.89. The van der Waals surface area contributed by atoms with E-state index in [-0.39, 0.29) is 24.1 Å². The van der Waals surface area contributed by atoms with Crippen molar-refractivity contribution in [3.05, 3.63) is 59.1 Å². The third-order valence-corrected chi connectivity index (χ3v) is 3.78. The summed E-state index contributed by atoms with van der Waals surface area (Å²) in [7, 11) is 0. The zero-order valence-corrected chi connectivity index (χ0v) is 15.3. The van der Waals surface area contributed by atoms with Crippen LogP contribution in [0.3, 0.4) is 0 Å². The average Bonchev–Trinajstić information content (AvgIpc) is 2.56. The Kier molecular flexibility index (Phi) is 6.74. The lowest BCUT2D eigenvalue weighted by Crippen LogP contribution is -2.29. The lowest BCUT2D eigenvalue weighted by atomic mass is 10.0. The summed E-state index contributed by atoms with van der Waals surface area (Å²) in [6, 6.07) is 13.3. The Morgan fingerprint density at radius 1 is 0.846 bits per heavy atom. The van der Waals surface area contributed by atoms with Crippen molar-refractivity contribution in [1.82, 2.24) is 5.32 Å². The molecule has 2 aromatic rings. The Balaban J connectivity index is 2.03. The minimum Gasteiger partial charge on any atom is -0.349 e. The van der Waals surface area contributed by atoms with Gasteiger partial charge in [-0.25, -0.2) is 0 Å². The average molecular weight is 374 g/mol. The van der Waals surface area contributed by atoms with Crippen molar-refractivity contribution >= 4 is 40.7 Å². The van der Waals surface area contributed by atoms with Crippen LogP contribution in [0.15, 0.2) is 48.5 Å². The monoisotopic (exact) mass is 373 g/mol. The van der Waals surface area contributed by atoms with Crippen molar-refractivity contribution in [3.8, 4) is 0 Å². The lowest BCUT2D eigenvalue weighted by molar-refractivity contribution is -0.120. The zero-order valence-electron chi connectivity index (χ0n) is 14.5. The predicted molar refractivity (Wildman–Crippen MR) is 102 cm³/mol. The molecule has 0 saturated carbocycles. The van der Waals surface area contributed by atoms with Crippen LogP contribution in [-0.2, 0) is 14.4 Å². The fourth-order valence-corrected chi connectivity index (χ4v) is 2.56. The quantitative estimate of drug-likeness (QED) is 0.724. The van der Waals surface area contributed by atoms with Crippen molar-refractivity contribution in [1.29, 1.82) is 0 Å². The van der Waals surface area contributed by atoms with Crippen molar-refractivity contribution in [2.45, 2.75) is 26.3 Å². The molecular formula is C19H20ClN3O3. The third kappa shape index (κ3) is 6.22. The van der Waals surface area contributed by atoms with Crippen molar-refractivity contribution in [2.75, 3.05) is 10.6 Å². The Labute approximate surface area is 156 Å². The van der Waals surface area contributed by atoms with Crippen LogP contribution in [0.2, 0.25) is 5.02 Å². The summed E-state index contributed by atoms with van der Waals surface area (Å²) in [6.45, 7) is 2.83. The molecule has 1 unspecified atom stereocenters. The van der Waals surface area contributed by atoms with Crippen LogP contribution in [0.25, 0.3) is 0 Å². The lowest BCUT2D eigenvalue weighted by Gasteiger charge is -2.18. The van der Waals surface area contributed by atoms with Crippen molar-refractivity contribution in [2.24, 2.45) is 0 Å². The highest BCUT2D eigenvalue weighted by atomic mass is 35.5. The standard InChI is InChI=1S/C19H20ClN3O3/c1-12(24)21-16-7-9-17(10-8-16)23-19(26)11-18(22-13(2)25)14-3-5-15(20)6-4-14/h3-10,18H,11H2,1-2H3,(H,21,24)(H,22,25)(H,23,26). The summed E-state index contributed by atoms with van der Waals surface area (Å²) in [5, 5.41) is 8.79. The van der Waals surface area contributed by atoms with E-state index in [2.05, 4.69) is 16.0 Å². The van der Waals surface area contributed by atoms with Gasteiger partial charge in [-0.15, -0.1) is 0 Å². The molecule has 2 aromatic carbocycles. The predicted octanol–water partition coefficient (Wildman–Crippen LogP) is 3.50. The van der Waals surface area contributed by atoms with Gasteiger partial charge in [0.2, 0.25) is 17.7 Å². The van der Waals surface area contributed by atoms with E-state index < -0.39 is 6.04 Å². The normalized spacial score (nSPS) is 11.3. The number of hydrogen-bond donors (Lipinski definition) is 3. The van der Waals surface area contributed by atoms with Gasteiger partial charge in [-0.1, -0.05) is 23.7 Å². The van der Waals surface area contributed by atoms with Crippen LogP contribution in [0.1, 0.15) is 31.9 Å². The van der Waals surface area contributed by atoms with Gasteiger partial charge < -0.3 is 16.0 Å². The molecule has 7 heteroatoms. The third-order valence-electron chi connectivity index (χ3n) is 3.53. The van der Waals surface area contributed by atoms with Gasteiger partial charge in [0.25, 0.3) is 0 Å². The molecule has 2 rings (SSSR count). The molecular weight excluding hydrogens is 354 g/mol. The molecule has 0 fully saturated rings. The van der Waals surface area contributed by atoms with E-state index in [1.54, 1.807) is 48.5 Å². The summed E-state index contributed by atoms with van der Waals surface area (Å²) in [4.78, 5) is 34.8. The second-order valence-corrected chi connectivity index (χ2v) is 6.25. The Hall–Kier alpha value is -2.86. The van der Waals surface area contributed by atoms with Crippen LogP contribution in [-0.4, -0.2) is 17.7 Å². The molecule has 0 aromatic heterocycles. The van der Waals surface area contributed by atoms with Gasteiger partial charge in [0.05, 0.1) is 12.5 Å². The topological polar surface area (TPSA) is 87.3 Å². The van der Waals surface area contributed by atoms with Crippen molar-refractivity contribution < 1.29 is 14.4 Å². The number of amides is 3. The zero-order chi connectivity index (χ0) is 19.1. The number of hydrogen-bond acceptors (Lipinski definition) is 3. The van der Waals surface area contributed by atoms with Crippen molar-refractivity contribution in [3.63, 3.8) is 0 Å². The number of anilines is 2. The minimum atomic E-state index is -0.455. The molecule has 136 valence electrons. The molecule has 3 N–H and O–H groups in total. The first kappa shape index (κ1) is 19.5. The largest absolute Gasteiger partial charge is 0.349 e. The van der Waals surface area contributed by atoms with E-state index in [1.165, 1.54) is 13.8 Å². The van der Waals surface area contributed by atoms with E-state index in [0.29, 0.717) is 16.4 Å². The van der Waals surface area contributed by atoms with E-state index in [9.17, 15) is 14.4 Å². The van der Waals surface area contributed by atoms with Crippen LogP contribution in [0.5, 0.6) is 0 Å². The van der Waals surface area contributed by atoms with Crippen LogP contribution < -0.4 is 16.0 Å².